The van der Waals surface area contributed by atoms with Gasteiger partial charge >= 0.3 is 0 Å². The molecule has 0 N–H and O–H groups in total. The molecule has 0 bridgehead atoms. The number of hydrogen-bond acceptors (Lipinski definition) is 6. The number of ether oxygens (including phenoxy) is 3. The van der Waals surface area contributed by atoms with E-state index in [0.717, 1.165) is 90.0 Å². The highest BCUT2D eigenvalue weighted by atomic mass is 16.5. The Kier molecular flexibility index (Phi) is 13.5. The van der Waals surface area contributed by atoms with Crippen LogP contribution in [0.25, 0.3) is 32.7 Å². The maximum atomic E-state index is 6.38. The van der Waals surface area contributed by atoms with Gasteiger partial charge < -0.3 is 28.9 Å². The molecule has 0 aromatic heterocycles. The number of anilines is 9. The third kappa shape index (κ3) is 8.89. The number of benzene rings is 10. The molecule has 0 fully saturated rings. The van der Waals surface area contributed by atoms with Crippen LogP contribution in [-0.2, 0) is 5.41 Å². The highest BCUT2D eigenvalue weighted by Gasteiger charge is 2.38. The SMILES string of the molecule is COc1ccccc1N(c1ccc(C(C)C)cc1)c1ccc2c(N(c3ccc(C(C)C)cc3)c3ccccc3OC)c3cc4c(cc3c(N(c3ccc(C(C)C)cc3)c3ccccc3OC)c2c1)-c1ccccc1C4(C)C. The molecular weight excluding hydrogens is 943 g/mol. The average molecular weight is 1010 g/mol. The zero-order chi connectivity index (χ0) is 53.7. The molecule has 0 spiro atoms. The van der Waals surface area contributed by atoms with E-state index < -0.39 is 0 Å². The largest absolute Gasteiger partial charge is 0.495 e. The van der Waals surface area contributed by atoms with Crippen LogP contribution < -0.4 is 28.9 Å². The summed E-state index contributed by atoms with van der Waals surface area (Å²) in [6.45, 7) is 18.2. The van der Waals surface area contributed by atoms with Crippen molar-refractivity contribution in [3.05, 3.63) is 228 Å². The molecule has 10 aromatic rings. The quantitative estimate of drug-likeness (QED) is 0.0752. The van der Waals surface area contributed by atoms with E-state index in [9.17, 15) is 0 Å². The van der Waals surface area contributed by atoms with E-state index in [1.807, 2.05) is 12.1 Å². The Labute approximate surface area is 455 Å². The summed E-state index contributed by atoms with van der Waals surface area (Å²) in [6.07, 6.45) is 0. The first-order valence-electron chi connectivity index (χ1n) is 27.1. The van der Waals surface area contributed by atoms with Crippen molar-refractivity contribution >= 4 is 72.7 Å². The van der Waals surface area contributed by atoms with Crippen molar-refractivity contribution in [3.63, 3.8) is 0 Å². The van der Waals surface area contributed by atoms with Crippen LogP contribution in [0, 0.1) is 0 Å². The predicted molar refractivity (Wildman–Crippen MR) is 325 cm³/mol. The zero-order valence-corrected chi connectivity index (χ0v) is 46.4. The summed E-state index contributed by atoms with van der Waals surface area (Å²) in [7, 11) is 5.30. The number of fused-ring (bicyclic) bond motifs is 5. The van der Waals surface area contributed by atoms with Crippen molar-refractivity contribution in [2.45, 2.75) is 78.6 Å². The van der Waals surface area contributed by atoms with Crippen LogP contribution in [0.1, 0.15) is 101 Å². The summed E-state index contributed by atoms with van der Waals surface area (Å²) in [4.78, 5) is 7.21. The van der Waals surface area contributed by atoms with Crippen LogP contribution in [0.4, 0.5) is 51.2 Å². The molecule has 0 unspecified atom stereocenters. The molecule has 11 rings (SSSR count). The Morgan fingerprint density at radius 2 is 0.688 bits per heavy atom. The average Bonchev–Trinajstić information content (AvgIpc) is 3.81. The van der Waals surface area contributed by atoms with Gasteiger partial charge in [-0.25, -0.2) is 0 Å². The van der Waals surface area contributed by atoms with E-state index in [0.29, 0.717) is 17.8 Å². The van der Waals surface area contributed by atoms with Crippen LogP contribution in [0.3, 0.4) is 0 Å². The topological polar surface area (TPSA) is 37.4 Å². The maximum Gasteiger partial charge on any atom is 0.142 e. The van der Waals surface area contributed by atoms with Crippen LogP contribution in [-0.4, -0.2) is 21.3 Å². The summed E-state index contributed by atoms with van der Waals surface area (Å²) in [6, 6.07) is 73.3. The van der Waals surface area contributed by atoms with Gasteiger partial charge in [-0.1, -0.05) is 159 Å². The summed E-state index contributed by atoms with van der Waals surface area (Å²) < 4.78 is 18.9. The molecule has 0 saturated carbocycles. The minimum absolute atomic E-state index is 0.292. The molecule has 386 valence electrons. The van der Waals surface area contributed by atoms with Crippen molar-refractivity contribution in [3.8, 4) is 28.4 Å². The molecular formula is C71H69N3O3. The van der Waals surface area contributed by atoms with Crippen LogP contribution in [0.2, 0.25) is 0 Å². The second-order valence-corrected chi connectivity index (χ2v) is 21.8. The van der Waals surface area contributed by atoms with Gasteiger partial charge in [0.1, 0.15) is 17.2 Å². The standard InChI is InChI=1S/C71H69N3O3/c1-45(2)48-28-34-51(35-29-48)72(63-22-14-17-25-66(63)75-9)54-40-41-56-58(42-54)70(74(65-24-16-19-27-68(65)77-11)53-38-32-50(33-39-53)47(5)6)59-43-57-55-20-12-13-21-61(55)71(7,8)62(57)44-60(59)69(56)73(64-23-15-18-26-67(64)76-10)52-36-30-49(31-37-52)46(3)4/h12-47H,1-11H3. The monoisotopic (exact) mass is 1010 g/mol. The van der Waals surface area contributed by atoms with E-state index in [-0.39, 0.29) is 5.41 Å². The Hall–Kier alpha value is -8.48. The molecule has 1 aliphatic carbocycles. The van der Waals surface area contributed by atoms with Gasteiger partial charge in [0.15, 0.2) is 0 Å². The lowest BCUT2D eigenvalue weighted by Crippen LogP contribution is -2.18. The fourth-order valence-electron chi connectivity index (χ4n) is 11.7. The summed E-state index contributed by atoms with van der Waals surface area (Å²) in [5, 5.41) is 4.27. The highest BCUT2D eigenvalue weighted by molar-refractivity contribution is 6.25. The molecule has 0 amide bonds. The Morgan fingerprint density at radius 1 is 0.325 bits per heavy atom. The number of hydrogen-bond donors (Lipinski definition) is 0. The Bertz CT molecular complexity index is 3780. The van der Waals surface area contributed by atoms with Gasteiger partial charge in [-0.15, -0.1) is 0 Å². The summed E-state index contributed by atoms with van der Waals surface area (Å²) >= 11 is 0. The normalized spacial score (nSPS) is 12.5. The molecule has 0 atom stereocenters. The smallest absolute Gasteiger partial charge is 0.142 e. The fraction of sp³-hybridized carbons (Fsp3) is 0.211. The highest BCUT2D eigenvalue weighted by Crippen LogP contribution is 2.58. The van der Waals surface area contributed by atoms with Crippen molar-refractivity contribution in [2.75, 3.05) is 36.0 Å². The number of rotatable bonds is 15. The van der Waals surface area contributed by atoms with Crippen LogP contribution in [0.15, 0.2) is 200 Å². The van der Waals surface area contributed by atoms with Gasteiger partial charge in [-0.2, -0.15) is 0 Å². The molecule has 6 nitrogen and oxygen atoms in total. The fourth-order valence-corrected chi connectivity index (χ4v) is 11.7. The molecule has 0 saturated heterocycles. The van der Waals surface area contributed by atoms with Crippen LogP contribution >= 0.6 is 0 Å². The zero-order valence-electron chi connectivity index (χ0n) is 46.4. The molecule has 0 aliphatic heterocycles. The van der Waals surface area contributed by atoms with Gasteiger partial charge in [-0.3, -0.25) is 0 Å². The van der Waals surface area contributed by atoms with E-state index >= 15 is 0 Å². The molecule has 1 aliphatic rings. The third-order valence-corrected chi connectivity index (χ3v) is 15.9. The minimum Gasteiger partial charge on any atom is -0.495 e. The van der Waals surface area contributed by atoms with E-state index in [2.05, 4.69) is 258 Å². The van der Waals surface area contributed by atoms with Gasteiger partial charge in [-0.05, 0) is 154 Å². The lowest BCUT2D eigenvalue weighted by atomic mass is 9.81. The van der Waals surface area contributed by atoms with E-state index in [1.54, 1.807) is 21.3 Å². The molecule has 0 radical (unpaired) electrons. The van der Waals surface area contributed by atoms with Gasteiger partial charge in [0.25, 0.3) is 0 Å². The number of methoxy groups -OCH3 is 3. The van der Waals surface area contributed by atoms with Crippen molar-refractivity contribution in [1.82, 2.24) is 0 Å². The summed E-state index contributed by atoms with van der Waals surface area (Å²) in [5.74, 6) is 3.38. The third-order valence-electron chi connectivity index (χ3n) is 15.9. The van der Waals surface area contributed by atoms with Crippen LogP contribution in [0.5, 0.6) is 17.2 Å². The molecule has 0 heterocycles. The number of nitrogens with zero attached hydrogens (tertiary/aromatic N) is 3. The second-order valence-electron chi connectivity index (χ2n) is 21.8. The van der Waals surface area contributed by atoms with Crippen molar-refractivity contribution in [2.24, 2.45) is 0 Å². The minimum atomic E-state index is -0.292. The molecule has 6 heteroatoms. The van der Waals surface area contributed by atoms with Gasteiger partial charge in [0.2, 0.25) is 0 Å². The Balaban J connectivity index is 1.37. The predicted octanol–water partition coefficient (Wildman–Crippen LogP) is 20.1. The van der Waals surface area contributed by atoms with Gasteiger partial charge in [0, 0.05) is 49.7 Å². The second kappa shape index (κ2) is 20.6. The lowest BCUT2D eigenvalue weighted by Gasteiger charge is -2.35. The lowest BCUT2D eigenvalue weighted by molar-refractivity contribution is 0.416. The van der Waals surface area contributed by atoms with E-state index in [4.69, 9.17) is 14.2 Å². The van der Waals surface area contributed by atoms with Gasteiger partial charge in [0.05, 0.1) is 49.8 Å². The first kappa shape index (κ1) is 50.7. The Morgan fingerprint density at radius 3 is 1.14 bits per heavy atom. The van der Waals surface area contributed by atoms with E-state index in [1.165, 1.54) is 38.9 Å². The first-order valence-corrected chi connectivity index (χ1v) is 27.1. The molecule has 77 heavy (non-hydrogen) atoms. The maximum absolute atomic E-state index is 6.38. The van der Waals surface area contributed by atoms with Crippen molar-refractivity contribution < 1.29 is 14.2 Å². The first-order chi connectivity index (χ1) is 37.3. The molecule has 10 aromatic carbocycles. The number of para-hydroxylation sites is 6. The summed E-state index contributed by atoms with van der Waals surface area (Å²) in [5.41, 5.74) is 17.5. The van der Waals surface area contributed by atoms with Crippen molar-refractivity contribution in [1.29, 1.82) is 0 Å².